The first-order valence-electron chi connectivity index (χ1n) is 7.11. The first kappa shape index (κ1) is 17.4. The molecule has 0 aliphatic rings. The van der Waals surface area contributed by atoms with E-state index in [0.717, 1.165) is 10.2 Å². The van der Waals surface area contributed by atoms with Gasteiger partial charge in [-0.05, 0) is 35.9 Å². The van der Waals surface area contributed by atoms with Gasteiger partial charge in [-0.2, -0.15) is 0 Å². The summed E-state index contributed by atoms with van der Waals surface area (Å²) in [4.78, 5) is 11.7. The van der Waals surface area contributed by atoms with Gasteiger partial charge in [0.25, 0.3) is 0 Å². The number of amides is 1. The molecule has 0 bridgehead atoms. The molecule has 1 N–H and O–H groups in total. The van der Waals surface area contributed by atoms with Crippen molar-refractivity contribution in [3.05, 3.63) is 64.4 Å². The normalized spacial score (nSPS) is 10.3. The van der Waals surface area contributed by atoms with Gasteiger partial charge in [-0.25, -0.2) is 4.39 Å². The van der Waals surface area contributed by atoms with Gasteiger partial charge < -0.3 is 14.8 Å². The van der Waals surface area contributed by atoms with Crippen LogP contribution < -0.4 is 10.1 Å². The Labute approximate surface area is 142 Å². The highest BCUT2D eigenvalue weighted by Crippen LogP contribution is 2.17. The summed E-state index contributed by atoms with van der Waals surface area (Å²) in [5.41, 5.74) is 0.672. The van der Waals surface area contributed by atoms with Crippen molar-refractivity contribution in [3.63, 3.8) is 0 Å². The molecule has 0 unspecified atom stereocenters. The van der Waals surface area contributed by atoms with Gasteiger partial charge in [-0.3, -0.25) is 4.79 Å². The Hall–Kier alpha value is -1.92. The highest BCUT2D eigenvalue weighted by molar-refractivity contribution is 9.10. The van der Waals surface area contributed by atoms with E-state index in [2.05, 4.69) is 21.2 Å². The summed E-state index contributed by atoms with van der Waals surface area (Å²) in [5, 5.41) is 2.67. The lowest BCUT2D eigenvalue weighted by Gasteiger charge is -2.09. The zero-order valence-corrected chi connectivity index (χ0v) is 14.0. The van der Waals surface area contributed by atoms with Crippen molar-refractivity contribution in [1.82, 2.24) is 5.32 Å². The van der Waals surface area contributed by atoms with E-state index >= 15 is 0 Å². The predicted molar refractivity (Wildman–Crippen MR) is 88.7 cm³/mol. The third kappa shape index (κ3) is 6.38. The number of hydrogen-bond acceptors (Lipinski definition) is 3. The van der Waals surface area contributed by atoms with Crippen molar-refractivity contribution < 1.29 is 18.7 Å². The van der Waals surface area contributed by atoms with E-state index in [-0.39, 0.29) is 24.9 Å². The van der Waals surface area contributed by atoms with Crippen molar-refractivity contribution in [2.75, 3.05) is 19.8 Å². The highest BCUT2D eigenvalue weighted by atomic mass is 79.9. The Morgan fingerprint density at radius 2 is 1.91 bits per heavy atom. The molecule has 6 heteroatoms. The molecular weight excluding hydrogens is 365 g/mol. The molecule has 0 fully saturated rings. The number of benzene rings is 2. The highest BCUT2D eigenvalue weighted by Gasteiger charge is 2.05. The minimum atomic E-state index is -0.341. The molecule has 0 atom stereocenters. The van der Waals surface area contributed by atoms with Crippen LogP contribution in [0.4, 0.5) is 4.39 Å². The molecule has 0 radical (unpaired) electrons. The van der Waals surface area contributed by atoms with Crippen LogP contribution >= 0.6 is 15.9 Å². The van der Waals surface area contributed by atoms with E-state index in [1.54, 1.807) is 6.07 Å². The van der Waals surface area contributed by atoms with Gasteiger partial charge in [-0.1, -0.05) is 34.1 Å². The Morgan fingerprint density at radius 3 is 2.70 bits per heavy atom. The number of carbonyl (C=O) groups is 1. The average Bonchev–Trinajstić information content (AvgIpc) is 2.56. The maximum Gasteiger partial charge on any atom is 0.246 e. The summed E-state index contributed by atoms with van der Waals surface area (Å²) in [6.45, 7) is 0.852. The second kappa shape index (κ2) is 9.27. The van der Waals surface area contributed by atoms with Gasteiger partial charge in [0.05, 0.1) is 6.61 Å². The minimum Gasteiger partial charge on any atom is -0.491 e. The molecule has 0 saturated carbocycles. The van der Waals surface area contributed by atoms with Crippen molar-refractivity contribution >= 4 is 21.8 Å². The summed E-state index contributed by atoms with van der Waals surface area (Å²) in [6, 6.07) is 13.7. The van der Waals surface area contributed by atoms with Crippen LogP contribution in [0.3, 0.4) is 0 Å². The summed E-state index contributed by atoms with van der Waals surface area (Å²) < 4.78 is 24.6. The lowest BCUT2D eigenvalue weighted by Crippen LogP contribution is -2.28. The van der Waals surface area contributed by atoms with Gasteiger partial charge >= 0.3 is 0 Å². The van der Waals surface area contributed by atoms with E-state index in [9.17, 15) is 9.18 Å². The number of nitrogens with one attached hydrogen (secondary N) is 1. The number of halogens is 2. The van der Waals surface area contributed by atoms with Crippen molar-refractivity contribution in [2.45, 2.75) is 6.54 Å². The van der Waals surface area contributed by atoms with E-state index in [4.69, 9.17) is 9.47 Å². The van der Waals surface area contributed by atoms with Crippen molar-refractivity contribution in [1.29, 1.82) is 0 Å². The van der Waals surface area contributed by atoms with Crippen LogP contribution in [0.1, 0.15) is 5.56 Å². The molecule has 0 spiro atoms. The zero-order chi connectivity index (χ0) is 16.5. The predicted octanol–water partition coefficient (Wildman–Crippen LogP) is 3.30. The molecule has 2 rings (SSSR count). The summed E-state index contributed by atoms with van der Waals surface area (Å²) in [5.74, 6) is 0.157. The largest absolute Gasteiger partial charge is 0.491 e. The molecule has 0 saturated heterocycles. The Kier molecular flexibility index (Phi) is 7.03. The SMILES string of the molecule is O=C(COCCOc1ccccc1)NCc1cc(F)ccc1Br. The molecule has 122 valence electrons. The Bertz CT molecular complexity index is 637. The third-order valence-corrected chi connectivity index (χ3v) is 3.73. The van der Waals surface area contributed by atoms with Gasteiger partial charge in [0.1, 0.15) is 24.8 Å². The van der Waals surface area contributed by atoms with Crippen LogP contribution in [0.25, 0.3) is 0 Å². The Balaban J connectivity index is 1.61. The van der Waals surface area contributed by atoms with Gasteiger partial charge in [0, 0.05) is 11.0 Å². The molecule has 1 amide bonds. The van der Waals surface area contributed by atoms with Crippen LogP contribution in [0.15, 0.2) is 53.0 Å². The quantitative estimate of drug-likeness (QED) is 0.713. The van der Waals surface area contributed by atoms with Crippen LogP contribution in [-0.2, 0) is 16.1 Å². The monoisotopic (exact) mass is 381 g/mol. The lowest BCUT2D eigenvalue weighted by atomic mass is 10.2. The first-order chi connectivity index (χ1) is 11.1. The fourth-order valence-corrected chi connectivity index (χ4v) is 2.21. The number of ether oxygens (including phenoxy) is 2. The van der Waals surface area contributed by atoms with Gasteiger partial charge in [-0.15, -0.1) is 0 Å². The molecule has 0 heterocycles. The molecule has 2 aromatic rings. The van der Waals surface area contributed by atoms with Crippen LogP contribution in [0.2, 0.25) is 0 Å². The number of carbonyl (C=O) groups excluding carboxylic acids is 1. The van der Waals surface area contributed by atoms with Crippen LogP contribution in [-0.4, -0.2) is 25.7 Å². The first-order valence-corrected chi connectivity index (χ1v) is 7.90. The molecule has 0 aromatic heterocycles. The second-order valence-electron chi connectivity index (χ2n) is 4.73. The maximum absolute atomic E-state index is 13.1. The standard InChI is InChI=1S/C17H17BrFNO3/c18-16-7-6-14(19)10-13(16)11-20-17(21)12-22-8-9-23-15-4-2-1-3-5-15/h1-7,10H,8-9,11-12H2,(H,20,21). The minimum absolute atomic E-state index is 0.0644. The fourth-order valence-electron chi connectivity index (χ4n) is 1.82. The van der Waals surface area contributed by atoms with Crippen LogP contribution in [0.5, 0.6) is 5.75 Å². The topological polar surface area (TPSA) is 47.6 Å². The smallest absolute Gasteiger partial charge is 0.246 e. The zero-order valence-electron chi connectivity index (χ0n) is 12.4. The molecule has 23 heavy (non-hydrogen) atoms. The van der Waals surface area contributed by atoms with Gasteiger partial charge in [0.2, 0.25) is 5.91 Å². The maximum atomic E-state index is 13.1. The summed E-state index contributed by atoms with van der Waals surface area (Å²) in [6.07, 6.45) is 0. The lowest BCUT2D eigenvalue weighted by molar-refractivity contribution is -0.126. The van der Waals surface area contributed by atoms with E-state index in [1.807, 2.05) is 30.3 Å². The van der Waals surface area contributed by atoms with Crippen molar-refractivity contribution in [2.24, 2.45) is 0 Å². The third-order valence-electron chi connectivity index (χ3n) is 2.96. The van der Waals surface area contributed by atoms with Crippen molar-refractivity contribution in [3.8, 4) is 5.75 Å². The van der Waals surface area contributed by atoms with E-state index < -0.39 is 0 Å². The number of para-hydroxylation sites is 1. The molecule has 0 aliphatic heterocycles. The number of hydrogen-bond donors (Lipinski definition) is 1. The molecular formula is C17H17BrFNO3. The summed E-state index contributed by atoms with van der Waals surface area (Å²) >= 11 is 3.31. The van der Waals surface area contributed by atoms with E-state index in [0.29, 0.717) is 18.8 Å². The second-order valence-corrected chi connectivity index (χ2v) is 5.58. The average molecular weight is 382 g/mol. The van der Waals surface area contributed by atoms with Gasteiger partial charge in [0.15, 0.2) is 0 Å². The molecule has 2 aromatic carbocycles. The fraction of sp³-hybridized carbons (Fsp3) is 0.235. The molecule has 0 aliphatic carbocycles. The van der Waals surface area contributed by atoms with Crippen LogP contribution in [0, 0.1) is 5.82 Å². The Morgan fingerprint density at radius 1 is 1.13 bits per heavy atom. The number of rotatable bonds is 8. The molecule has 4 nitrogen and oxygen atoms in total. The van der Waals surface area contributed by atoms with E-state index in [1.165, 1.54) is 12.1 Å². The summed E-state index contributed by atoms with van der Waals surface area (Å²) in [7, 11) is 0.